The molecule has 0 aliphatic carbocycles. The van der Waals surface area contributed by atoms with E-state index in [1.54, 1.807) is 12.3 Å². The van der Waals surface area contributed by atoms with Gasteiger partial charge in [-0.1, -0.05) is 30.3 Å². The van der Waals surface area contributed by atoms with Crippen molar-refractivity contribution in [2.24, 2.45) is 0 Å². The molecule has 1 amide bonds. The molecule has 2 heterocycles. The second kappa shape index (κ2) is 9.57. The molecule has 7 heteroatoms. The Morgan fingerprint density at radius 3 is 2.61 bits per heavy atom. The van der Waals surface area contributed by atoms with Crippen LogP contribution in [0.1, 0.15) is 29.2 Å². The van der Waals surface area contributed by atoms with Crippen LogP contribution in [0, 0.1) is 19.7 Å². The molecule has 0 spiro atoms. The Kier molecular flexibility index (Phi) is 6.58. The molecule has 1 aliphatic heterocycles. The lowest BCUT2D eigenvalue weighted by Crippen LogP contribution is -2.33. The van der Waals surface area contributed by atoms with E-state index in [-0.39, 0.29) is 24.2 Å². The first-order valence-electron chi connectivity index (χ1n) is 11.1. The molecule has 0 bridgehead atoms. The van der Waals surface area contributed by atoms with Gasteiger partial charge in [0, 0.05) is 44.9 Å². The SMILES string of the molecule is Cc1cccc(C)c1OCC(=O)N1CC[C@@H](c2nc(N(C)C)ncc2-c2cccc(F)c2)C1. The van der Waals surface area contributed by atoms with Crippen LogP contribution in [-0.2, 0) is 4.79 Å². The third-order valence-corrected chi connectivity index (χ3v) is 6.02. The molecule has 0 radical (unpaired) electrons. The predicted octanol–water partition coefficient (Wildman–Crippen LogP) is 4.36. The number of rotatable bonds is 6. The number of likely N-dealkylation sites (tertiary alicyclic amines) is 1. The van der Waals surface area contributed by atoms with Crippen molar-refractivity contribution in [2.75, 3.05) is 38.7 Å². The summed E-state index contributed by atoms with van der Waals surface area (Å²) in [5.74, 6) is 1.04. The van der Waals surface area contributed by atoms with E-state index in [9.17, 15) is 9.18 Å². The van der Waals surface area contributed by atoms with E-state index in [1.165, 1.54) is 12.1 Å². The van der Waals surface area contributed by atoms with Gasteiger partial charge in [0.1, 0.15) is 11.6 Å². The molecule has 1 aliphatic rings. The molecule has 2 aromatic carbocycles. The first-order chi connectivity index (χ1) is 15.8. The van der Waals surface area contributed by atoms with Gasteiger partial charge in [-0.15, -0.1) is 0 Å². The second-order valence-corrected chi connectivity index (χ2v) is 8.71. The summed E-state index contributed by atoms with van der Waals surface area (Å²) in [5.41, 5.74) is 4.40. The lowest BCUT2D eigenvalue weighted by atomic mass is 9.96. The van der Waals surface area contributed by atoms with Gasteiger partial charge in [-0.05, 0) is 49.1 Å². The van der Waals surface area contributed by atoms with Gasteiger partial charge in [-0.2, -0.15) is 0 Å². The quantitative estimate of drug-likeness (QED) is 0.561. The highest BCUT2D eigenvalue weighted by Gasteiger charge is 2.31. The van der Waals surface area contributed by atoms with Crippen LogP contribution >= 0.6 is 0 Å². The standard InChI is InChI=1S/C26H29FN4O2/c1-17-7-5-8-18(2)25(17)33-16-23(32)31-12-11-20(15-31)24-22(14-28-26(29-24)30(3)4)19-9-6-10-21(27)13-19/h5-10,13-14,20H,11-12,15-16H2,1-4H3/t20-/m1/s1. The summed E-state index contributed by atoms with van der Waals surface area (Å²) < 4.78 is 19.8. The zero-order chi connectivity index (χ0) is 23.5. The molecule has 0 N–H and O–H groups in total. The summed E-state index contributed by atoms with van der Waals surface area (Å²) in [4.78, 5) is 25.8. The van der Waals surface area contributed by atoms with Crippen molar-refractivity contribution in [2.45, 2.75) is 26.2 Å². The van der Waals surface area contributed by atoms with E-state index in [2.05, 4.69) is 4.98 Å². The summed E-state index contributed by atoms with van der Waals surface area (Å²) in [6.07, 6.45) is 2.53. The number of nitrogens with zero attached hydrogens (tertiary/aromatic N) is 4. The molecule has 0 unspecified atom stereocenters. The predicted molar refractivity (Wildman–Crippen MR) is 127 cm³/mol. The number of hydrogen-bond donors (Lipinski definition) is 0. The van der Waals surface area contributed by atoms with Crippen molar-refractivity contribution in [3.63, 3.8) is 0 Å². The van der Waals surface area contributed by atoms with Gasteiger partial charge in [-0.25, -0.2) is 14.4 Å². The largest absolute Gasteiger partial charge is 0.483 e. The van der Waals surface area contributed by atoms with Crippen molar-refractivity contribution in [3.05, 3.63) is 71.3 Å². The molecule has 172 valence electrons. The van der Waals surface area contributed by atoms with Gasteiger partial charge in [-0.3, -0.25) is 4.79 Å². The lowest BCUT2D eigenvalue weighted by Gasteiger charge is -2.20. The zero-order valence-electron chi connectivity index (χ0n) is 19.5. The molecule has 0 saturated carbocycles. The number of amides is 1. The van der Waals surface area contributed by atoms with Crippen molar-refractivity contribution in [3.8, 4) is 16.9 Å². The van der Waals surface area contributed by atoms with E-state index in [4.69, 9.17) is 9.72 Å². The summed E-state index contributed by atoms with van der Waals surface area (Å²) >= 11 is 0. The number of carbonyl (C=O) groups is 1. The van der Waals surface area contributed by atoms with Crippen LogP contribution < -0.4 is 9.64 Å². The Bertz CT molecular complexity index is 1140. The van der Waals surface area contributed by atoms with Crippen LogP contribution in [0.3, 0.4) is 0 Å². The minimum absolute atomic E-state index is 0.00187. The van der Waals surface area contributed by atoms with Gasteiger partial charge < -0.3 is 14.5 Å². The zero-order valence-corrected chi connectivity index (χ0v) is 19.5. The smallest absolute Gasteiger partial charge is 0.260 e. The Morgan fingerprint density at radius 1 is 1.18 bits per heavy atom. The van der Waals surface area contributed by atoms with Crippen molar-refractivity contribution >= 4 is 11.9 Å². The molecule has 1 fully saturated rings. The fraction of sp³-hybridized carbons (Fsp3) is 0.346. The van der Waals surface area contributed by atoms with Gasteiger partial charge in [0.05, 0.1) is 5.69 Å². The maximum Gasteiger partial charge on any atom is 0.260 e. The summed E-state index contributed by atoms with van der Waals surface area (Å²) in [7, 11) is 3.77. The number of halogens is 1. The monoisotopic (exact) mass is 448 g/mol. The molecule has 1 saturated heterocycles. The minimum atomic E-state index is -0.304. The highest BCUT2D eigenvalue weighted by molar-refractivity contribution is 5.78. The number of aryl methyl sites for hydroxylation is 2. The Hall–Kier alpha value is -3.48. The molecule has 1 atom stereocenters. The number of anilines is 1. The first-order valence-corrected chi connectivity index (χ1v) is 11.1. The average Bonchev–Trinajstić information content (AvgIpc) is 3.28. The minimum Gasteiger partial charge on any atom is -0.483 e. The highest BCUT2D eigenvalue weighted by Crippen LogP contribution is 2.34. The molecular weight excluding hydrogens is 419 g/mol. The van der Waals surface area contributed by atoms with Crippen LogP contribution in [0.15, 0.2) is 48.7 Å². The topological polar surface area (TPSA) is 58.6 Å². The summed E-state index contributed by atoms with van der Waals surface area (Å²) in [6, 6.07) is 12.4. The highest BCUT2D eigenvalue weighted by atomic mass is 19.1. The third-order valence-electron chi connectivity index (χ3n) is 6.02. The summed E-state index contributed by atoms with van der Waals surface area (Å²) in [6.45, 7) is 5.13. The van der Waals surface area contributed by atoms with E-state index in [1.807, 2.05) is 62.0 Å². The van der Waals surface area contributed by atoms with Gasteiger partial charge in [0.25, 0.3) is 5.91 Å². The van der Waals surface area contributed by atoms with Gasteiger partial charge >= 0.3 is 0 Å². The Morgan fingerprint density at radius 2 is 1.91 bits per heavy atom. The number of benzene rings is 2. The Labute approximate surface area is 194 Å². The molecule has 33 heavy (non-hydrogen) atoms. The fourth-order valence-electron chi connectivity index (χ4n) is 4.25. The van der Waals surface area contributed by atoms with Gasteiger partial charge in [0.2, 0.25) is 5.95 Å². The maximum atomic E-state index is 13.9. The fourth-order valence-corrected chi connectivity index (χ4v) is 4.25. The van der Waals surface area contributed by atoms with E-state index >= 15 is 0 Å². The Balaban J connectivity index is 1.53. The van der Waals surface area contributed by atoms with Crippen LogP contribution in [0.4, 0.5) is 10.3 Å². The van der Waals surface area contributed by atoms with Gasteiger partial charge in [0.15, 0.2) is 6.61 Å². The lowest BCUT2D eigenvalue weighted by molar-refractivity contribution is -0.132. The van der Waals surface area contributed by atoms with Crippen molar-refractivity contribution in [1.29, 1.82) is 0 Å². The van der Waals surface area contributed by atoms with Crippen LogP contribution in [0.2, 0.25) is 0 Å². The average molecular weight is 449 g/mol. The molecule has 1 aromatic heterocycles. The van der Waals surface area contributed by atoms with Crippen LogP contribution in [0.25, 0.3) is 11.1 Å². The van der Waals surface area contributed by atoms with Crippen LogP contribution in [-0.4, -0.2) is 54.6 Å². The number of ether oxygens (including phenoxy) is 1. The number of aromatic nitrogens is 2. The van der Waals surface area contributed by atoms with E-state index < -0.39 is 0 Å². The maximum absolute atomic E-state index is 13.9. The first kappa shape index (κ1) is 22.7. The van der Waals surface area contributed by atoms with Crippen LogP contribution in [0.5, 0.6) is 5.75 Å². The number of carbonyl (C=O) groups excluding carboxylic acids is 1. The molecule has 4 rings (SSSR count). The van der Waals surface area contributed by atoms with Crippen molar-refractivity contribution in [1.82, 2.24) is 14.9 Å². The molecule has 6 nitrogen and oxygen atoms in total. The van der Waals surface area contributed by atoms with E-state index in [0.29, 0.717) is 19.0 Å². The second-order valence-electron chi connectivity index (χ2n) is 8.71. The number of hydrogen-bond acceptors (Lipinski definition) is 5. The number of para-hydroxylation sites is 1. The van der Waals surface area contributed by atoms with Crippen molar-refractivity contribution < 1.29 is 13.9 Å². The van der Waals surface area contributed by atoms with E-state index in [0.717, 1.165) is 40.1 Å². The molecule has 3 aromatic rings. The summed E-state index contributed by atoms with van der Waals surface area (Å²) in [5, 5.41) is 0. The molecular formula is C26H29FN4O2. The third kappa shape index (κ3) is 4.97. The normalized spacial score (nSPS) is 15.5.